The van der Waals surface area contributed by atoms with Gasteiger partial charge in [-0.15, -0.1) is 0 Å². The van der Waals surface area contributed by atoms with E-state index in [9.17, 15) is 9.59 Å². The minimum atomic E-state index is -0.651. The van der Waals surface area contributed by atoms with E-state index in [2.05, 4.69) is 9.98 Å². The van der Waals surface area contributed by atoms with E-state index in [1.807, 2.05) is 62.4 Å². The zero-order valence-corrected chi connectivity index (χ0v) is 21.0. The van der Waals surface area contributed by atoms with Crippen LogP contribution in [0.5, 0.6) is 11.5 Å². The fraction of sp³-hybridized carbons (Fsp3) is 0.0667. The second-order valence-corrected chi connectivity index (χ2v) is 8.27. The van der Waals surface area contributed by atoms with Crippen molar-refractivity contribution < 1.29 is 19.1 Å². The minimum absolute atomic E-state index is 0.124. The van der Waals surface area contributed by atoms with Gasteiger partial charge in [-0.1, -0.05) is 23.7 Å². The first-order valence-electron chi connectivity index (χ1n) is 11.5. The van der Waals surface area contributed by atoms with Crippen LogP contribution in [0.15, 0.2) is 102 Å². The van der Waals surface area contributed by atoms with Crippen molar-refractivity contribution in [1.82, 2.24) is 4.98 Å². The number of pyridine rings is 1. The van der Waals surface area contributed by atoms with E-state index in [4.69, 9.17) is 21.1 Å². The Morgan fingerprint density at radius 1 is 0.784 bits per heavy atom. The van der Waals surface area contributed by atoms with Crippen LogP contribution in [0.3, 0.4) is 0 Å². The molecule has 4 rings (SSSR count). The fourth-order valence-electron chi connectivity index (χ4n) is 3.53. The summed E-state index contributed by atoms with van der Waals surface area (Å²) in [7, 11) is 0. The molecule has 0 unspecified atom stereocenters. The van der Waals surface area contributed by atoms with E-state index in [1.165, 1.54) is 18.2 Å². The molecule has 0 saturated heterocycles. The summed E-state index contributed by atoms with van der Waals surface area (Å²) >= 11 is 6.19. The van der Waals surface area contributed by atoms with Crippen molar-refractivity contribution in [1.29, 1.82) is 0 Å². The standard InChI is InChI=1S/C30H23ClN2O4/c1-3-27(32-4-2)20-8-12-25(13-9-20)36-29(34)22-17-23(19-24(31)18-22)30(35)37-26-14-10-21(11-15-26)28-7-5-6-16-33-28/h3-19H,1-2H3/b27-3-,32-4-. The average molecular weight is 511 g/mol. The van der Waals surface area contributed by atoms with Crippen molar-refractivity contribution >= 4 is 35.5 Å². The lowest BCUT2D eigenvalue weighted by atomic mass is 10.1. The van der Waals surface area contributed by atoms with Gasteiger partial charge in [-0.25, -0.2) is 9.59 Å². The molecule has 4 aromatic rings. The SMILES string of the molecule is C/C=N\C(=C/C)c1ccc(OC(=O)c2cc(Cl)cc(C(=O)Oc3ccc(-c4ccccn4)cc3)c2)cc1. The number of aromatic nitrogens is 1. The molecular weight excluding hydrogens is 488 g/mol. The van der Waals surface area contributed by atoms with Gasteiger partial charge in [-0.3, -0.25) is 9.98 Å². The third-order valence-corrected chi connectivity index (χ3v) is 5.52. The summed E-state index contributed by atoms with van der Waals surface area (Å²) in [4.78, 5) is 34.2. The Balaban J connectivity index is 1.45. The smallest absolute Gasteiger partial charge is 0.343 e. The quantitative estimate of drug-likeness (QED) is 0.148. The van der Waals surface area contributed by atoms with Crippen molar-refractivity contribution in [3.63, 3.8) is 0 Å². The maximum absolute atomic E-state index is 12.8. The van der Waals surface area contributed by atoms with Crippen LogP contribution in [0.1, 0.15) is 40.1 Å². The number of hydrogen-bond donors (Lipinski definition) is 0. The maximum atomic E-state index is 12.8. The number of esters is 2. The number of hydrogen-bond acceptors (Lipinski definition) is 6. The van der Waals surface area contributed by atoms with Crippen molar-refractivity contribution in [2.45, 2.75) is 13.8 Å². The molecule has 1 heterocycles. The largest absolute Gasteiger partial charge is 0.423 e. The fourth-order valence-corrected chi connectivity index (χ4v) is 3.77. The van der Waals surface area contributed by atoms with Crippen LogP contribution in [0, 0.1) is 0 Å². The Hall–Kier alpha value is -4.55. The molecule has 3 aromatic carbocycles. The molecule has 0 aliphatic heterocycles. The van der Waals surface area contributed by atoms with Crippen molar-refractivity contribution in [2.24, 2.45) is 4.99 Å². The van der Waals surface area contributed by atoms with Gasteiger partial charge in [-0.05, 0) is 92.7 Å². The van der Waals surface area contributed by atoms with Gasteiger partial charge in [0.15, 0.2) is 0 Å². The molecule has 0 aliphatic rings. The third kappa shape index (κ3) is 6.57. The highest BCUT2D eigenvalue weighted by molar-refractivity contribution is 6.31. The Kier molecular flexibility index (Phi) is 8.23. The number of benzene rings is 3. The number of carbonyl (C=O) groups excluding carboxylic acids is 2. The number of nitrogens with zero attached hydrogens (tertiary/aromatic N) is 2. The molecule has 6 nitrogen and oxygen atoms in total. The number of rotatable bonds is 7. The highest BCUT2D eigenvalue weighted by atomic mass is 35.5. The van der Waals surface area contributed by atoms with Crippen molar-refractivity contribution in [2.75, 3.05) is 0 Å². The molecule has 0 atom stereocenters. The number of allylic oxidation sites excluding steroid dienone is 1. The second kappa shape index (κ2) is 11.9. The Bertz CT molecular complexity index is 1460. The van der Waals surface area contributed by atoms with Gasteiger partial charge < -0.3 is 9.47 Å². The van der Waals surface area contributed by atoms with Gasteiger partial charge in [0.1, 0.15) is 11.5 Å². The molecule has 184 valence electrons. The highest BCUT2D eigenvalue weighted by Gasteiger charge is 2.16. The molecular formula is C30H23ClN2O4. The number of ether oxygens (including phenoxy) is 2. The van der Waals surface area contributed by atoms with E-state index in [0.717, 1.165) is 22.5 Å². The monoisotopic (exact) mass is 510 g/mol. The second-order valence-electron chi connectivity index (χ2n) is 7.83. The van der Waals surface area contributed by atoms with E-state index >= 15 is 0 Å². The third-order valence-electron chi connectivity index (χ3n) is 5.30. The lowest BCUT2D eigenvalue weighted by molar-refractivity contribution is 0.0734. The van der Waals surface area contributed by atoms with Crippen LogP contribution in [-0.2, 0) is 0 Å². The van der Waals surface area contributed by atoms with Crippen LogP contribution >= 0.6 is 11.6 Å². The van der Waals surface area contributed by atoms with E-state index in [0.29, 0.717) is 11.5 Å². The predicted octanol–water partition coefficient (Wildman–Crippen LogP) is 7.29. The summed E-state index contributed by atoms with van der Waals surface area (Å²) in [6.07, 6.45) is 5.31. The molecule has 7 heteroatoms. The summed E-state index contributed by atoms with van der Waals surface area (Å²) in [5.74, 6) is -0.604. The van der Waals surface area contributed by atoms with Crippen LogP contribution in [0.25, 0.3) is 17.0 Å². The Morgan fingerprint density at radius 2 is 1.38 bits per heavy atom. The van der Waals surface area contributed by atoms with Gasteiger partial charge in [0.05, 0.1) is 22.5 Å². The summed E-state index contributed by atoms with van der Waals surface area (Å²) in [5, 5.41) is 0.206. The first-order chi connectivity index (χ1) is 18.0. The Labute approximate surface area is 219 Å². The number of aliphatic imine (C=N–C) groups is 1. The summed E-state index contributed by atoms with van der Waals surface area (Å²) in [6, 6.07) is 23.8. The molecule has 0 aliphatic carbocycles. The predicted molar refractivity (Wildman–Crippen MR) is 145 cm³/mol. The molecule has 0 spiro atoms. The van der Waals surface area contributed by atoms with Crippen LogP contribution < -0.4 is 9.47 Å². The summed E-state index contributed by atoms with van der Waals surface area (Å²) < 4.78 is 11.0. The van der Waals surface area contributed by atoms with E-state index in [1.54, 1.807) is 36.7 Å². The van der Waals surface area contributed by atoms with Gasteiger partial charge in [0, 0.05) is 28.6 Å². The minimum Gasteiger partial charge on any atom is -0.423 e. The van der Waals surface area contributed by atoms with Crippen molar-refractivity contribution in [3.05, 3.63) is 119 Å². The van der Waals surface area contributed by atoms with Gasteiger partial charge in [0.25, 0.3) is 0 Å². The van der Waals surface area contributed by atoms with E-state index in [-0.39, 0.29) is 16.1 Å². The summed E-state index contributed by atoms with van der Waals surface area (Å²) in [6.45, 7) is 3.74. The molecule has 0 bridgehead atoms. The maximum Gasteiger partial charge on any atom is 0.343 e. The molecule has 0 saturated carbocycles. The van der Waals surface area contributed by atoms with E-state index < -0.39 is 11.9 Å². The number of halogens is 1. The zero-order valence-electron chi connectivity index (χ0n) is 20.2. The Morgan fingerprint density at radius 3 is 1.89 bits per heavy atom. The normalized spacial score (nSPS) is 11.4. The topological polar surface area (TPSA) is 77.8 Å². The van der Waals surface area contributed by atoms with Crippen molar-refractivity contribution in [3.8, 4) is 22.8 Å². The molecule has 0 amide bonds. The number of carbonyl (C=O) groups is 2. The highest BCUT2D eigenvalue weighted by Crippen LogP contribution is 2.24. The summed E-state index contributed by atoms with van der Waals surface area (Å²) in [5.41, 5.74) is 3.65. The first-order valence-corrected chi connectivity index (χ1v) is 11.9. The average Bonchev–Trinajstić information content (AvgIpc) is 2.93. The molecule has 1 aromatic heterocycles. The van der Waals surface area contributed by atoms with Gasteiger partial charge in [-0.2, -0.15) is 0 Å². The van der Waals surface area contributed by atoms with Crippen LogP contribution in [-0.4, -0.2) is 23.1 Å². The molecule has 0 radical (unpaired) electrons. The lowest BCUT2D eigenvalue weighted by Crippen LogP contribution is -2.13. The molecule has 0 N–H and O–H groups in total. The molecule has 37 heavy (non-hydrogen) atoms. The van der Waals surface area contributed by atoms with Gasteiger partial charge >= 0.3 is 11.9 Å². The zero-order chi connectivity index (χ0) is 26.2. The lowest BCUT2D eigenvalue weighted by Gasteiger charge is -2.09. The van der Waals surface area contributed by atoms with Crippen LogP contribution in [0.4, 0.5) is 0 Å². The van der Waals surface area contributed by atoms with Crippen LogP contribution in [0.2, 0.25) is 5.02 Å². The molecule has 0 fully saturated rings. The van der Waals surface area contributed by atoms with Gasteiger partial charge in [0.2, 0.25) is 0 Å². The first kappa shape index (κ1) is 25.5.